The van der Waals surface area contributed by atoms with Gasteiger partial charge in [0.1, 0.15) is 5.69 Å². The lowest BCUT2D eigenvalue weighted by Crippen LogP contribution is -2.01. The molecule has 118 valence electrons. The Morgan fingerprint density at radius 1 is 1.04 bits per heavy atom. The molecule has 4 rings (SSSR count). The van der Waals surface area contributed by atoms with Crippen LogP contribution in [0.25, 0.3) is 33.1 Å². The summed E-state index contributed by atoms with van der Waals surface area (Å²) in [6, 6.07) is 3.81. The third-order valence-corrected chi connectivity index (χ3v) is 4.17. The van der Waals surface area contributed by atoms with Crippen molar-refractivity contribution in [2.75, 3.05) is 0 Å². The minimum atomic E-state index is 0.0441. The molecule has 0 unspecified atom stereocenters. The van der Waals surface area contributed by atoms with E-state index in [2.05, 4.69) is 25.1 Å². The van der Waals surface area contributed by atoms with Crippen LogP contribution < -0.4 is 0 Å². The van der Waals surface area contributed by atoms with Gasteiger partial charge in [-0.2, -0.15) is 5.10 Å². The van der Waals surface area contributed by atoms with Crippen molar-refractivity contribution in [1.29, 1.82) is 0 Å². The standard InChI is InChI=1S/C18H15N5O/c1-3-17(24)16-4-10(2)12(7-20-16)15-5-11-6-21-18-14(9-22-23-18)13(11)8-19-15/h4-9H,3H2,1-2H3,(H,21,22,23). The lowest BCUT2D eigenvalue weighted by Gasteiger charge is -2.08. The highest BCUT2D eigenvalue weighted by Crippen LogP contribution is 2.27. The molecule has 0 atom stereocenters. The summed E-state index contributed by atoms with van der Waals surface area (Å²) in [5.41, 5.74) is 3.95. The summed E-state index contributed by atoms with van der Waals surface area (Å²) in [6.45, 7) is 3.80. The van der Waals surface area contributed by atoms with Gasteiger partial charge in [-0.1, -0.05) is 6.92 Å². The first kappa shape index (κ1) is 14.4. The van der Waals surface area contributed by atoms with Gasteiger partial charge in [-0.15, -0.1) is 0 Å². The van der Waals surface area contributed by atoms with E-state index >= 15 is 0 Å². The van der Waals surface area contributed by atoms with E-state index in [1.807, 2.05) is 32.2 Å². The topological polar surface area (TPSA) is 84.4 Å². The number of pyridine rings is 3. The van der Waals surface area contributed by atoms with Gasteiger partial charge in [0.25, 0.3) is 0 Å². The first-order valence-electron chi connectivity index (χ1n) is 7.75. The van der Waals surface area contributed by atoms with Crippen molar-refractivity contribution in [3.8, 4) is 11.3 Å². The Labute approximate surface area is 138 Å². The predicted molar refractivity (Wildman–Crippen MR) is 91.8 cm³/mol. The van der Waals surface area contributed by atoms with E-state index < -0.39 is 0 Å². The molecular formula is C18H15N5O. The average molecular weight is 317 g/mol. The smallest absolute Gasteiger partial charge is 0.180 e. The van der Waals surface area contributed by atoms with Crippen LogP contribution in [0, 0.1) is 6.92 Å². The van der Waals surface area contributed by atoms with Crippen LogP contribution in [-0.4, -0.2) is 30.9 Å². The molecule has 6 heteroatoms. The van der Waals surface area contributed by atoms with Gasteiger partial charge >= 0.3 is 0 Å². The van der Waals surface area contributed by atoms with E-state index in [0.29, 0.717) is 12.1 Å². The van der Waals surface area contributed by atoms with Crippen molar-refractivity contribution in [3.05, 3.63) is 48.2 Å². The van der Waals surface area contributed by atoms with Gasteiger partial charge in [0.05, 0.1) is 11.9 Å². The number of nitrogens with one attached hydrogen (secondary N) is 1. The van der Waals surface area contributed by atoms with Gasteiger partial charge in [-0.25, -0.2) is 4.98 Å². The number of fused-ring (bicyclic) bond motifs is 3. The fourth-order valence-corrected chi connectivity index (χ4v) is 2.82. The summed E-state index contributed by atoms with van der Waals surface area (Å²) in [6.07, 6.45) is 7.56. The van der Waals surface area contributed by atoms with Crippen LogP contribution >= 0.6 is 0 Å². The summed E-state index contributed by atoms with van der Waals surface area (Å²) in [7, 11) is 0. The monoisotopic (exact) mass is 317 g/mol. The zero-order valence-corrected chi connectivity index (χ0v) is 13.4. The number of hydrogen-bond acceptors (Lipinski definition) is 5. The third-order valence-electron chi connectivity index (χ3n) is 4.17. The Balaban J connectivity index is 1.84. The minimum absolute atomic E-state index is 0.0441. The Kier molecular flexibility index (Phi) is 3.30. The summed E-state index contributed by atoms with van der Waals surface area (Å²) >= 11 is 0. The summed E-state index contributed by atoms with van der Waals surface area (Å²) in [5, 5.41) is 9.82. The number of Topliss-reactive ketones (excluding diaryl/α,β-unsaturated/α-hetero) is 1. The highest BCUT2D eigenvalue weighted by Gasteiger charge is 2.11. The molecule has 0 saturated heterocycles. The Bertz CT molecular complexity index is 1080. The molecule has 4 heterocycles. The van der Waals surface area contributed by atoms with Crippen LogP contribution in [0.1, 0.15) is 29.4 Å². The second-order valence-electron chi connectivity index (χ2n) is 5.71. The van der Waals surface area contributed by atoms with Gasteiger partial charge in [0.15, 0.2) is 11.4 Å². The van der Waals surface area contributed by atoms with E-state index in [1.54, 1.807) is 18.6 Å². The molecule has 0 amide bonds. The maximum atomic E-state index is 11.8. The Morgan fingerprint density at radius 3 is 2.71 bits per heavy atom. The van der Waals surface area contributed by atoms with Crippen LogP contribution in [0.3, 0.4) is 0 Å². The maximum Gasteiger partial charge on any atom is 0.180 e. The zero-order chi connectivity index (χ0) is 16.7. The second kappa shape index (κ2) is 5.49. The first-order chi connectivity index (χ1) is 11.7. The molecule has 0 bridgehead atoms. The van der Waals surface area contributed by atoms with Crippen LogP contribution in [0.2, 0.25) is 0 Å². The molecule has 4 aromatic rings. The minimum Gasteiger partial charge on any atom is -0.292 e. The quantitative estimate of drug-likeness (QED) is 0.585. The molecule has 0 aromatic carbocycles. The fourth-order valence-electron chi connectivity index (χ4n) is 2.82. The molecule has 0 aliphatic carbocycles. The van der Waals surface area contributed by atoms with Gasteiger partial charge in [0, 0.05) is 46.7 Å². The van der Waals surface area contributed by atoms with Crippen molar-refractivity contribution in [2.24, 2.45) is 0 Å². The van der Waals surface area contributed by atoms with Gasteiger partial charge in [-0.3, -0.25) is 19.9 Å². The van der Waals surface area contributed by atoms with Crippen LogP contribution in [0.5, 0.6) is 0 Å². The molecule has 6 nitrogen and oxygen atoms in total. The number of carbonyl (C=O) groups excluding carboxylic acids is 1. The normalized spacial score (nSPS) is 11.2. The van der Waals surface area contributed by atoms with Gasteiger partial charge in [0.2, 0.25) is 0 Å². The van der Waals surface area contributed by atoms with Crippen molar-refractivity contribution in [2.45, 2.75) is 20.3 Å². The van der Waals surface area contributed by atoms with E-state index in [0.717, 1.165) is 38.6 Å². The maximum absolute atomic E-state index is 11.8. The van der Waals surface area contributed by atoms with E-state index in [1.165, 1.54) is 0 Å². The van der Waals surface area contributed by atoms with E-state index in [-0.39, 0.29) is 5.78 Å². The van der Waals surface area contributed by atoms with Crippen molar-refractivity contribution in [3.63, 3.8) is 0 Å². The Morgan fingerprint density at radius 2 is 1.92 bits per heavy atom. The highest BCUT2D eigenvalue weighted by molar-refractivity contribution is 6.04. The van der Waals surface area contributed by atoms with Gasteiger partial charge < -0.3 is 0 Å². The number of aromatic amines is 1. The number of H-pyrrole nitrogens is 1. The molecular weight excluding hydrogens is 302 g/mol. The molecule has 0 radical (unpaired) electrons. The van der Waals surface area contributed by atoms with Gasteiger partial charge in [-0.05, 0) is 24.6 Å². The second-order valence-corrected chi connectivity index (χ2v) is 5.71. The molecule has 4 aromatic heterocycles. The van der Waals surface area contributed by atoms with E-state index in [4.69, 9.17) is 0 Å². The van der Waals surface area contributed by atoms with Crippen molar-refractivity contribution < 1.29 is 4.79 Å². The lowest BCUT2D eigenvalue weighted by atomic mass is 10.0. The first-order valence-corrected chi connectivity index (χ1v) is 7.75. The summed E-state index contributed by atoms with van der Waals surface area (Å²) < 4.78 is 0. The van der Waals surface area contributed by atoms with Crippen molar-refractivity contribution in [1.82, 2.24) is 25.1 Å². The van der Waals surface area contributed by atoms with Crippen molar-refractivity contribution >= 4 is 27.6 Å². The van der Waals surface area contributed by atoms with Crippen LogP contribution in [-0.2, 0) is 0 Å². The van der Waals surface area contributed by atoms with Crippen LogP contribution in [0.15, 0.2) is 36.9 Å². The molecule has 1 N–H and O–H groups in total. The Hall–Kier alpha value is -3.15. The van der Waals surface area contributed by atoms with E-state index in [9.17, 15) is 4.79 Å². The number of carbonyl (C=O) groups is 1. The predicted octanol–water partition coefficient (Wildman–Crippen LogP) is 3.47. The molecule has 24 heavy (non-hydrogen) atoms. The summed E-state index contributed by atoms with van der Waals surface area (Å²) in [4.78, 5) is 25.0. The average Bonchev–Trinajstić information content (AvgIpc) is 3.09. The number of aromatic nitrogens is 5. The molecule has 0 aliphatic heterocycles. The number of hydrogen-bond donors (Lipinski definition) is 1. The molecule has 0 aliphatic rings. The molecule has 0 saturated carbocycles. The van der Waals surface area contributed by atoms with Crippen LogP contribution in [0.4, 0.5) is 0 Å². The number of ketones is 1. The lowest BCUT2D eigenvalue weighted by molar-refractivity contribution is 0.0983. The molecule has 0 spiro atoms. The molecule has 0 fully saturated rings. The summed E-state index contributed by atoms with van der Waals surface area (Å²) in [5.74, 6) is 0.0441. The fraction of sp³-hybridized carbons (Fsp3) is 0.167. The largest absolute Gasteiger partial charge is 0.292 e. The number of aryl methyl sites for hydroxylation is 1. The third kappa shape index (κ3) is 2.23. The number of nitrogens with zero attached hydrogens (tertiary/aromatic N) is 4. The number of rotatable bonds is 3. The highest BCUT2D eigenvalue weighted by atomic mass is 16.1. The SMILES string of the molecule is CCC(=O)c1cc(C)c(-c2cc3cnc4[nH]ncc4c3cn2)cn1. The zero-order valence-electron chi connectivity index (χ0n) is 13.4.